The smallest absolute Gasteiger partial charge is 0.264 e. The zero-order valence-corrected chi connectivity index (χ0v) is 21.2. The van der Waals surface area contributed by atoms with Crippen molar-refractivity contribution in [3.05, 3.63) is 53.6 Å². The highest BCUT2D eigenvalue weighted by molar-refractivity contribution is 7.92. The Morgan fingerprint density at radius 2 is 1.56 bits per heavy atom. The molecule has 2 aromatic carbocycles. The minimum atomic E-state index is -4.01. The average Bonchev–Trinajstić information content (AvgIpc) is 2.65. The Morgan fingerprint density at radius 3 is 2.06 bits per heavy atom. The Bertz CT molecular complexity index is 1010. The number of hydrogen-bond donors (Lipinski definition) is 1. The molecule has 0 bridgehead atoms. The number of anilines is 1. The van der Waals surface area contributed by atoms with E-state index in [1.807, 2.05) is 20.8 Å². The van der Waals surface area contributed by atoms with Gasteiger partial charge in [0.05, 0.1) is 17.2 Å². The van der Waals surface area contributed by atoms with Gasteiger partial charge < -0.3 is 10.1 Å². The first kappa shape index (κ1) is 26.0. The van der Waals surface area contributed by atoms with Gasteiger partial charge in [-0.1, -0.05) is 32.4 Å². The van der Waals surface area contributed by atoms with Crippen LogP contribution in [0.15, 0.2) is 53.4 Å². The van der Waals surface area contributed by atoms with Crippen molar-refractivity contribution in [1.82, 2.24) is 5.32 Å². The molecule has 0 aliphatic heterocycles. The van der Waals surface area contributed by atoms with Crippen LogP contribution in [0.1, 0.15) is 48.0 Å². The van der Waals surface area contributed by atoms with Gasteiger partial charge in [0.2, 0.25) is 5.91 Å². The molecule has 0 atom stereocenters. The molecule has 176 valence electrons. The number of amides is 1. The third-order valence-corrected chi connectivity index (χ3v) is 6.61. The minimum absolute atomic E-state index is 0.000951. The third-order valence-electron chi connectivity index (χ3n) is 4.57. The molecular formula is C24H33ClN2O4S. The monoisotopic (exact) mass is 480 g/mol. The molecule has 0 aliphatic carbocycles. The van der Waals surface area contributed by atoms with E-state index in [9.17, 15) is 13.2 Å². The summed E-state index contributed by atoms with van der Waals surface area (Å²) in [6.07, 6.45) is 0.735. The molecule has 0 aliphatic rings. The molecule has 8 heteroatoms. The Kier molecular flexibility index (Phi) is 8.23. The van der Waals surface area contributed by atoms with Crippen molar-refractivity contribution < 1.29 is 17.9 Å². The van der Waals surface area contributed by atoms with Gasteiger partial charge in [0, 0.05) is 10.6 Å². The molecule has 0 heterocycles. The second kappa shape index (κ2) is 10.1. The van der Waals surface area contributed by atoms with Crippen LogP contribution in [0.4, 0.5) is 5.69 Å². The first-order chi connectivity index (χ1) is 14.7. The van der Waals surface area contributed by atoms with Crippen molar-refractivity contribution in [2.45, 2.75) is 58.4 Å². The van der Waals surface area contributed by atoms with Gasteiger partial charge in [-0.25, -0.2) is 8.42 Å². The number of rotatable bonds is 9. The molecule has 1 amide bonds. The topological polar surface area (TPSA) is 75.7 Å². The van der Waals surface area contributed by atoms with Crippen LogP contribution in [0.25, 0.3) is 0 Å². The molecule has 0 saturated heterocycles. The Balaban J connectivity index is 2.38. The van der Waals surface area contributed by atoms with Gasteiger partial charge in [0.15, 0.2) is 0 Å². The van der Waals surface area contributed by atoms with Gasteiger partial charge in [0.25, 0.3) is 10.0 Å². The summed E-state index contributed by atoms with van der Waals surface area (Å²) in [6, 6.07) is 12.5. The number of nitrogens with one attached hydrogen (secondary N) is 1. The molecule has 32 heavy (non-hydrogen) atoms. The SMILES string of the molecule is CCOc1ccc(N(CC(=O)NC(C)(C)CC(C)(C)C)S(=O)(=O)c2ccc(Cl)cc2)cc1. The molecule has 0 spiro atoms. The van der Waals surface area contributed by atoms with E-state index in [1.165, 1.54) is 24.3 Å². The lowest BCUT2D eigenvalue weighted by molar-refractivity contribution is -0.121. The predicted octanol–water partition coefficient (Wildman–Crippen LogP) is 5.27. The summed E-state index contributed by atoms with van der Waals surface area (Å²) in [5.74, 6) is 0.238. The highest BCUT2D eigenvalue weighted by atomic mass is 35.5. The van der Waals surface area contributed by atoms with Gasteiger partial charge in [-0.05, 0) is 81.1 Å². The first-order valence-corrected chi connectivity index (χ1v) is 12.4. The number of benzene rings is 2. The fourth-order valence-corrected chi connectivity index (χ4v) is 5.39. The molecule has 1 N–H and O–H groups in total. The molecule has 2 rings (SSSR count). The Labute approximate surface area is 197 Å². The molecule has 6 nitrogen and oxygen atoms in total. The van der Waals surface area contributed by atoms with Crippen LogP contribution in [0.5, 0.6) is 5.75 Å². The van der Waals surface area contributed by atoms with Gasteiger partial charge in [0.1, 0.15) is 12.3 Å². The standard InChI is InChI=1S/C24H33ClN2O4S/c1-7-31-20-12-10-19(11-13-20)27(32(29,30)21-14-8-18(25)9-15-21)16-22(28)26-24(5,6)17-23(2,3)4/h8-15H,7,16-17H2,1-6H3,(H,26,28). The number of ether oxygens (including phenoxy) is 1. The minimum Gasteiger partial charge on any atom is -0.494 e. The number of nitrogens with zero attached hydrogens (tertiary/aromatic N) is 1. The van der Waals surface area contributed by atoms with Crippen LogP contribution >= 0.6 is 11.6 Å². The van der Waals surface area contributed by atoms with Crippen molar-refractivity contribution in [1.29, 1.82) is 0 Å². The van der Waals surface area contributed by atoms with E-state index in [0.717, 1.165) is 10.7 Å². The second-order valence-corrected chi connectivity index (χ2v) is 11.9. The van der Waals surface area contributed by atoms with E-state index in [-0.39, 0.29) is 22.8 Å². The van der Waals surface area contributed by atoms with Crippen molar-refractivity contribution in [2.75, 3.05) is 17.5 Å². The van der Waals surface area contributed by atoms with E-state index in [0.29, 0.717) is 23.1 Å². The maximum atomic E-state index is 13.5. The first-order valence-electron chi connectivity index (χ1n) is 10.6. The maximum Gasteiger partial charge on any atom is 0.264 e. The molecule has 0 fully saturated rings. The van der Waals surface area contributed by atoms with Crippen LogP contribution in [0.3, 0.4) is 0 Å². The summed E-state index contributed by atoms with van der Waals surface area (Å²) in [6.45, 7) is 12.2. The van der Waals surface area contributed by atoms with Gasteiger partial charge >= 0.3 is 0 Å². The van der Waals surface area contributed by atoms with Crippen LogP contribution < -0.4 is 14.4 Å². The molecule has 0 radical (unpaired) electrons. The second-order valence-electron chi connectivity index (χ2n) is 9.56. The summed E-state index contributed by atoms with van der Waals surface area (Å²) in [7, 11) is -4.01. The average molecular weight is 481 g/mol. The van der Waals surface area contributed by atoms with E-state index < -0.39 is 15.6 Å². The highest BCUT2D eigenvalue weighted by Crippen LogP contribution is 2.28. The molecule has 0 saturated carbocycles. The normalized spacial score (nSPS) is 12.3. The number of halogens is 1. The fourth-order valence-electron chi connectivity index (χ4n) is 3.84. The summed E-state index contributed by atoms with van der Waals surface area (Å²) in [5.41, 5.74) is -0.127. The quantitative estimate of drug-likeness (QED) is 0.530. The summed E-state index contributed by atoms with van der Waals surface area (Å²) in [4.78, 5) is 13.0. The van der Waals surface area contributed by atoms with Crippen LogP contribution in [-0.4, -0.2) is 33.0 Å². The molecular weight excluding hydrogens is 448 g/mol. The molecule has 0 unspecified atom stereocenters. The lowest BCUT2D eigenvalue weighted by Gasteiger charge is -2.34. The third kappa shape index (κ3) is 7.41. The summed E-state index contributed by atoms with van der Waals surface area (Å²) in [5, 5.41) is 3.42. The van der Waals surface area contributed by atoms with E-state index in [1.54, 1.807) is 24.3 Å². The van der Waals surface area contributed by atoms with Crippen molar-refractivity contribution in [3.63, 3.8) is 0 Å². The number of sulfonamides is 1. The largest absolute Gasteiger partial charge is 0.494 e. The zero-order valence-electron chi connectivity index (χ0n) is 19.6. The number of hydrogen-bond acceptors (Lipinski definition) is 4. The molecule has 2 aromatic rings. The summed E-state index contributed by atoms with van der Waals surface area (Å²) >= 11 is 5.93. The fraction of sp³-hybridized carbons (Fsp3) is 0.458. The van der Waals surface area contributed by atoms with E-state index in [4.69, 9.17) is 16.3 Å². The number of carbonyl (C=O) groups is 1. The zero-order chi connectivity index (χ0) is 24.2. The summed E-state index contributed by atoms with van der Waals surface area (Å²) < 4.78 is 33.5. The Morgan fingerprint density at radius 1 is 1.00 bits per heavy atom. The lowest BCUT2D eigenvalue weighted by Crippen LogP contribution is -2.50. The van der Waals surface area contributed by atoms with Crippen LogP contribution in [0, 0.1) is 5.41 Å². The molecule has 0 aromatic heterocycles. The Hall–Kier alpha value is -2.25. The highest BCUT2D eigenvalue weighted by Gasteiger charge is 2.31. The number of carbonyl (C=O) groups excluding carboxylic acids is 1. The van der Waals surface area contributed by atoms with Crippen LogP contribution in [0.2, 0.25) is 5.02 Å². The van der Waals surface area contributed by atoms with Crippen LogP contribution in [-0.2, 0) is 14.8 Å². The van der Waals surface area contributed by atoms with Gasteiger partial charge in [-0.2, -0.15) is 0 Å². The van der Waals surface area contributed by atoms with E-state index >= 15 is 0 Å². The van der Waals surface area contributed by atoms with Crippen molar-refractivity contribution >= 4 is 33.2 Å². The predicted molar refractivity (Wildman–Crippen MR) is 130 cm³/mol. The van der Waals surface area contributed by atoms with Gasteiger partial charge in [-0.15, -0.1) is 0 Å². The maximum absolute atomic E-state index is 13.5. The lowest BCUT2D eigenvalue weighted by atomic mass is 9.82. The van der Waals surface area contributed by atoms with E-state index in [2.05, 4.69) is 26.1 Å². The van der Waals surface area contributed by atoms with Crippen molar-refractivity contribution in [2.24, 2.45) is 5.41 Å². The van der Waals surface area contributed by atoms with Crippen molar-refractivity contribution in [3.8, 4) is 5.75 Å². The van der Waals surface area contributed by atoms with Gasteiger partial charge in [-0.3, -0.25) is 9.10 Å².